The number of amides is 2. The van der Waals surface area contributed by atoms with Crippen molar-refractivity contribution in [2.45, 2.75) is 48.7 Å². The first-order valence-electron chi connectivity index (χ1n) is 12.2. The lowest BCUT2D eigenvalue weighted by molar-refractivity contribution is -0.134. The van der Waals surface area contributed by atoms with Gasteiger partial charge in [0.15, 0.2) is 5.60 Å². The van der Waals surface area contributed by atoms with Crippen molar-refractivity contribution in [3.63, 3.8) is 0 Å². The van der Waals surface area contributed by atoms with Crippen LogP contribution in [0.5, 0.6) is 0 Å². The molecule has 1 spiro atoms. The number of rotatable bonds is 3. The van der Waals surface area contributed by atoms with E-state index < -0.39 is 22.7 Å². The van der Waals surface area contributed by atoms with Crippen molar-refractivity contribution in [3.05, 3.63) is 70.8 Å². The SMILES string of the molecule is O=C1OC2(CCN(C(=O)C3(c4ccc(C5(O)CCN(C(=O)O)CC5)cc4)CC3)C2)c2ccccc21. The molecule has 2 aromatic rings. The first kappa shape index (κ1) is 22.1. The maximum atomic E-state index is 13.7. The quantitative estimate of drug-likeness (QED) is 0.660. The zero-order chi connectivity index (χ0) is 24.4. The summed E-state index contributed by atoms with van der Waals surface area (Å²) in [5.74, 6) is -0.255. The lowest BCUT2D eigenvalue weighted by Gasteiger charge is -2.37. The fraction of sp³-hybridized carbons (Fsp3) is 0.444. The van der Waals surface area contributed by atoms with Crippen LogP contribution < -0.4 is 0 Å². The molecule has 35 heavy (non-hydrogen) atoms. The van der Waals surface area contributed by atoms with Crippen molar-refractivity contribution in [2.24, 2.45) is 0 Å². The molecule has 8 heteroatoms. The molecule has 1 atom stereocenters. The Balaban J connectivity index is 1.18. The highest BCUT2D eigenvalue weighted by atomic mass is 16.6. The first-order valence-corrected chi connectivity index (χ1v) is 12.2. The molecule has 1 unspecified atom stereocenters. The third kappa shape index (κ3) is 3.34. The van der Waals surface area contributed by atoms with Crippen LogP contribution in [0.3, 0.4) is 0 Å². The predicted octanol–water partition coefficient (Wildman–Crippen LogP) is 2.98. The van der Waals surface area contributed by atoms with E-state index in [4.69, 9.17) is 9.84 Å². The van der Waals surface area contributed by atoms with Crippen LogP contribution >= 0.6 is 0 Å². The summed E-state index contributed by atoms with van der Waals surface area (Å²) in [6, 6.07) is 15.0. The molecule has 2 aromatic carbocycles. The molecule has 2 saturated heterocycles. The van der Waals surface area contributed by atoms with Crippen LogP contribution in [0.2, 0.25) is 0 Å². The van der Waals surface area contributed by atoms with E-state index in [0.29, 0.717) is 51.0 Å². The van der Waals surface area contributed by atoms with Gasteiger partial charge in [0.05, 0.1) is 23.1 Å². The molecule has 1 saturated carbocycles. The van der Waals surface area contributed by atoms with Gasteiger partial charge in [-0.05, 0) is 42.9 Å². The molecule has 0 bridgehead atoms. The lowest BCUT2D eigenvalue weighted by atomic mass is 9.83. The Bertz CT molecular complexity index is 1210. The van der Waals surface area contributed by atoms with E-state index in [-0.39, 0.29) is 11.9 Å². The van der Waals surface area contributed by atoms with Gasteiger partial charge in [-0.3, -0.25) is 4.79 Å². The van der Waals surface area contributed by atoms with E-state index in [1.165, 1.54) is 4.90 Å². The van der Waals surface area contributed by atoms with Gasteiger partial charge in [-0.2, -0.15) is 0 Å². The van der Waals surface area contributed by atoms with E-state index >= 15 is 0 Å². The van der Waals surface area contributed by atoms with E-state index in [2.05, 4.69) is 0 Å². The topological polar surface area (TPSA) is 107 Å². The van der Waals surface area contributed by atoms with Gasteiger partial charge >= 0.3 is 12.1 Å². The Kier molecular flexibility index (Phi) is 4.77. The summed E-state index contributed by atoms with van der Waals surface area (Å²) in [6.45, 7) is 1.50. The Morgan fingerprint density at radius 3 is 2.11 bits per heavy atom. The zero-order valence-corrected chi connectivity index (χ0v) is 19.4. The van der Waals surface area contributed by atoms with Crippen molar-refractivity contribution in [2.75, 3.05) is 26.2 Å². The van der Waals surface area contributed by atoms with Crippen LogP contribution in [0.4, 0.5) is 4.79 Å². The number of carboxylic acid groups (broad SMARTS) is 1. The molecule has 2 amide bonds. The smallest absolute Gasteiger partial charge is 0.407 e. The predicted molar refractivity (Wildman–Crippen MR) is 125 cm³/mol. The standard InChI is InChI=1S/C27H28N2O6/c30-22-20-3-1-2-4-21(20)27(35-22)13-16-29(17-27)23(31)25(9-10-25)18-5-7-19(8-6-18)26(34)11-14-28(15-12-26)24(32)33/h1-8,34H,9-17H2,(H,32,33). The highest BCUT2D eigenvalue weighted by Crippen LogP contribution is 2.52. The van der Waals surface area contributed by atoms with Crippen molar-refractivity contribution >= 4 is 18.0 Å². The Morgan fingerprint density at radius 2 is 1.46 bits per heavy atom. The zero-order valence-electron chi connectivity index (χ0n) is 19.4. The van der Waals surface area contributed by atoms with E-state index in [1.807, 2.05) is 47.4 Å². The highest BCUT2D eigenvalue weighted by Gasteiger charge is 2.57. The molecule has 0 radical (unpaired) electrons. The van der Waals surface area contributed by atoms with Gasteiger partial charge in [-0.1, -0.05) is 42.5 Å². The number of fused-ring (bicyclic) bond motifs is 2. The maximum absolute atomic E-state index is 13.7. The molecule has 1 aliphatic carbocycles. The number of ether oxygens (including phenoxy) is 1. The second-order valence-corrected chi connectivity index (χ2v) is 10.4. The van der Waals surface area contributed by atoms with Gasteiger partial charge in [-0.25, -0.2) is 9.59 Å². The summed E-state index contributed by atoms with van der Waals surface area (Å²) in [4.78, 5) is 40.4. The minimum atomic E-state index is -1.06. The number of esters is 1. The normalized spacial score (nSPS) is 25.9. The fourth-order valence-electron chi connectivity index (χ4n) is 6.11. The van der Waals surface area contributed by atoms with Crippen molar-refractivity contribution < 1.29 is 29.3 Å². The number of carbonyl (C=O) groups is 3. The molecule has 0 aromatic heterocycles. The third-order valence-corrected chi connectivity index (χ3v) is 8.44. The third-order valence-electron chi connectivity index (χ3n) is 8.44. The number of piperidine rings is 1. The summed E-state index contributed by atoms with van der Waals surface area (Å²) >= 11 is 0. The summed E-state index contributed by atoms with van der Waals surface area (Å²) in [5, 5.41) is 20.3. The largest absolute Gasteiger partial charge is 0.465 e. The second-order valence-electron chi connectivity index (χ2n) is 10.4. The molecule has 6 rings (SSSR count). The summed E-state index contributed by atoms with van der Waals surface area (Å²) < 4.78 is 5.81. The number of benzene rings is 2. The van der Waals surface area contributed by atoms with Crippen LogP contribution in [0, 0.1) is 0 Å². The molecule has 4 aliphatic rings. The first-order chi connectivity index (χ1) is 16.8. The Morgan fingerprint density at radius 1 is 0.829 bits per heavy atom. The van der Waals surface area contributed by atoms with Crippen molar-refractivity contribution in [1.82, 2.24) is 9.80 Å². The average Bonchev–Trinajstić information content (AvgIpc) is 3.50. The van der Waals surface area contributed by atoms with Crippen molar-refractivity contribution in [1.29, 1.82) is 0 Å². The minimum absolute atomic E-state index is 0.0658. The minimum Gasteiger partial charge on any atom is -0.465 e. The molecular formula is C27H28N2O6. The molecule has 3 heterocycles. The van der Waals surface area contributed by atoms with Crippen LogP contribution in [0.25, 0.3) is 0 Å². The van der Waals surface area contributed by atoms with Crippen molar-refractivity contribution in [3.8, 4) is 0 Å². The highest BCUT2D eigenvalue weighted by molar-refractivity contribution is 5.96. The van der Waals surface area contributed by atoms with Gasteiger partial charge in [0.2, 0.25) is 5.91 Å². The Hall–Kier alpha value is -3.39. The van der Waals surface area contributed by atoms with E-state index in [1.54, 1.807) is 6.07 Å². The van der Waals surface area contributed by atoms with E-state index in [9.17, 15) is 19.5 Å². The molecule has 182 valence electrons. The number of likely N-dealkylation sites (tertiary alicyclic amines) is 2. The fourth-order valence-corrected chi connectivity index (χ4v) is 6.11. The van der Waals surface area contributed by atoms with Gasteiger partial charge in [0.1, 0.15) is 0 Å². The second kappa shape index (κ2) is 7.55. The van der Waals surface area contributed by atoms with E-state index in [0.717, 1.165) is 29.5 Å². The molecule has 3 fully saturated rings. The number of hydrogen-bond donors (Lipinski definition) is 2. The van der Waals surface area contributed by atoms with Crippen LogP contribution in [0.1, 0.15) is 59.2 Å². The molecule has 3 aliphatic heterocycles. The molecule has 8 nitrogen and oxygen atoms in total. The van der Waals surface area contributed by atoms with Gasteiger partial charge in [0.25, 0.3) is 0 Å². The number of hydrogen-bond acceptors (Lipinski definition) is 5. The number of aliphatic hydroxyl groups is 1. The maximum Gasteiger partial charge on any atom is 0.407 e. The average molecular weight is 477 g/mol. The summed E-state index contributed by atoms with van der Waals surface area (Å²) in [5.41, 5.74) is 0.763. The lowest BCUT2D eigenvalue weighted by Crippen LogP contribution is -2.44. The molecular weight excluding hydrogens is 448 g/mol. The monoisotopic (exact) mass is 476 g/mol. The number of nitrogens with zero attached hydrogens (tertiary/aromatic N) is 2. The van der Waals surface area contributed by atoms with Gasteiger partial charge in [-0.15, -0.1) is 0 Å². The van der Waals surface area contributed by atoms with Crippen LogP contribution in [0.15, 0.2) is 48.5 Å². The van der Waals surface area contributed by atoms with Gasteiger partial charge < -0.3 is 24.7 Å². The van der Waals surface area contributed by atoms with Crippen LogP contribution in [-0.2, 0) is 26.1 Å². The number of carbonyl (C=O) groups excluding carboxylic acids is 2. The summed E-state index contributed by atoms with van der Waals surface area (Å²) in [7, 11) is 0. The van der Waals surface area contributed by atoms with Gasteiger partial charge in [0, 0.05) is 31.6 Å². The Labute approximate surface area is 203 Å². The molecule has 2 N–H and O–H groups in total. The van der Waals surface area contributed by atoms with Crippen LogP contribution in [-0.4, -0.2) is 64.2 Å². The summed E-state index contributed by atoms with van der Waals surface area (Å²) in [6.07, 6.45) is 1.86.